The van der Waals surface area contributed by atoms with Gasteiger partial charge in [-0.05, 0) is 25.7 Å². The Labute approximate surface area is 110 Å². The number of rotatable bonds is 2. The van der Waals surface area contributed by atoms with E-state index < -0.39 is 11.0 Å². The highest BCUT2D eigenvalue weighted by molar-refractivity contribution is 5.15. The minimum absolute atomic E-state index is 0.163. The van der Waals surface area contributed by atoms with Gasteiger partial charge in [-0.25, -0.2) is 0 Å². The van der Waals surface area contributed by atoms with E-state index in [-0.39, 0.29) is 6.10 Å². The lowest BCUT2D eigenvalue weighted by atomic mass is 9.61. The summed E-state index contributed by atoms with van der Waals surface area (Å²) in [7, 11) is 1.67. The Morgan fingerprint density at radius 1 is 1.06 bits per heavy atom. The maximum absolute atomic E-state index is 11.2. The van der Waals surface area contributed by atoms with Crippen molar-refractivity contribution in [2.24, 2.45) is 5.41 Å². The summed E-state index contributed by atoms with van der Waals surface area (Å²) in [6, 6.07) is 2.50. The fourth-order valence-corrected chi connectivity index (χ4v) is 3.96. The fourth-order valence-electron chi connectivity index (χ4n) is 3.96. The first kappa shape index (κ1) is 13.8. The molecule has 1 N–H and O–H groups in total. The summed E-state index contributed by atoms with van der Waals surface area (Å²) >= 11 is 0. The second-order valence-electron chi connectivity index (χ2n) is 6.00. The van der Waals surface area contributed by atoms with Crippen LogP contribution in [0, 0.1) is 16.7 Å². The molecule has 2 atom stereocenters. The van der Waals surface area contributed by atoms with Gasteiger partial charge in [0.2, 0.25) is 0 Å². The molecule has 0 radical (unpaired) electrons. The zero-order chi connectivity index (χ0) is 13.1. The minimum atomic E-state index is -0.931. The van der Waals surface area contributed by atoms with Gasteiger partial charge < -0.3 is 9.84 Å². The molecule has 0 heterocycles. The molecule has 0 bridgehead atoms. The summed E-state index contributed by atoms with van der Waals surface area (Å²) in [4.78, 5) is 0. The van der Waals surface area contributed by atoms with Crippen LogP contribution in [0.3, 0.4) is 0 Å². The third-order valence-electron chi connectivity index (χ3n) is 5.09. The number of aliphatic hydroxyl groups is 1. The highest BCUT2D eigenvalue weighted by atomic mass is 16.5. The standard InChI is InChI=1S/C15H25NO2/c1-18-13-8-4-7-11-15(13,17)14(12-16)9-5-2-3-6-10-14/h13,17H,2-11H2,1H3. The molecule has 0 aliphatic heterocycles. The Hall–Kier alpha value is -0.590. The first-order valence-corrected chi connectivity index (χ1v) is 7.35. The third kappa shape index (κ3) is 2.17. The molecule has 2 aliphatic carbocycles. The molecule has 3 heteroatoms. The Kier molecular flexibility index (Phi) is 4.29. The van der Waals surface area contributed by atoms with Crippen molar-refractivity contribution >= 4 is 0 Å². The van der Waals surface area contributed by atoms with Gasteiger partial charge >= 0.3 is 0 Å². The summed E-state index contributed by atoms with van der Waals surface area (Å²) in [5, 5.41) is 20.9. The molecule has 2 rings (SSSR count). The van der Waals surface area contributed by atoms with Crippen LogP contribution in [0.4, 0.5) is 0 Å². The maximum Gasteiger partial charge on any atom is 0.109 e. The van der Waals surface area contributed by atoms with Gasteiger partial charge in [-0.15, -0.1) is 0 Å². The van der Waals surface area contributed by atoms with Crippen molar-refractivity contribution in [1.29, 1.82) is 5.26 Å². The van der Waals surface area contributed by atoms with Crippen LogP contribution >= 0.6 is 0 Å². The van der Waals surface area contributed by atoms with Crippen LogP contribution in [0.5, 0.6) is 0 Å². The minimum Gasteiger partial charge on any atom is -0.386 e. The van der Waals surface area contributed by atoms with Gasteiger partial charge in [0.05, 0.1) is 17.6 Å². The van der Waals surface area contributed by atoms with Crippen LogP contribution in [0.15, 0.2) is 0 Å². The van der Waals surface area contributed by atoms with Crippen LogP contribution in [-0.4, -0.2) is 23.9 Å². The average Bonchev–Trinajstić information content (AvgIpc) is 2.65. The third-order valence-corrected chi connectivity index (χ3v) is 5.09. The lowest BCUT2D eigenvalue weighted by Gasteiger charge is -2.49. The quantitative estimate of drug-likeness (QED) is 0.767. The van der Waals surface area contributed by atoms with Crippen LogP contribution < -0.4 is 0 Å². The topological polar surface area (TPSA) is 53.2 Å². The van der Waals surface area contributed by atoms with E-state index in [9.17, 15) is 10.4 Å². The molecule has 2 fully saturated rings. The molecular weight excluding hydrogens is 226 g/mol. The zero-order valence-electron chi connectivity index (χ0n) is 11.5. The summed E-state index contributed by atoms with van der Waals surface area (Å²) < 4.78 is 5.53. The Morgan fingerprint density at radius 3 is 2.22 bits per heavy atom. The average molecular weight is 251 g/mol. The molecule has 3 nitrogen and oxygen atoms in total. The first-order valence-electron chi connectivity index (χ1n) is 7.35. The normalized spacial score (nSPS) is 36.6. The maximum atomic E-state index is 11.2. The predicted octanol–water partition coefficient (Wildman–Crippen LogP) is 3.17. The van der Waals surface area contributed by atoms with Crippen LogP contribution in [0.25, 0.3) is 0 Å². The SMILES string of the molecule is COC1CCCCC1(O)C1(C#N)CCCCCC1. The van der Waals surface area contributed by atoms with E-state index >= 15 is 0 Å². The lowest BCUT2D eigenvalue weighted by Crippen LogP contribution is -2.57. The van der Waals surface area contributed by atoms with Gasteiger partial charge in [0, 0.05) is 7.11 Å². The summed E-state index contributed by atoms with van der Waals surface area (Å²) in [6.45, 7) is 0. The monoisotopic (exact) mass is 251 g/mol. The molecule has 0 aromatic heterocycles. The van der Waals surface area contributed by atoms with E-state index in [4.69, 9.17) is 4.74 Å². The molecule has 0 aromatic rings. The molecule has 0 aromatic carbocycles. The Morgan fingerprint density at radius 2 is 1.67 bits per heavy atom. The van der Waals surface area contributed by atoms with Crippen molar-refractivity contribution in [1.82, 2.24) is 0 Å². The molecule has 2 saturated carbocycles. The molecule has 0 amide bonds. The number of nitrogens with zero attached hydrogens (tertiary/aromatic N) is 1. The van der Waals surface area contributed by atoms with Crippen LogP contribution in [-0.2, 0) is 4.74 Å². The largest absolute Gasteiger partial charge is 0.386 e. The predicted molar refractivity (Wildman–Crippen MR) is 70.0 cm³/mol. The van der Waals surface area contributed by atoms with Crippen molar-refractivity contribution in [3.63, 3.8) is 0 Å². The molecule has 18 heavy (non-hydrogen) atoms. The van der Waals surface area contributed by atoms with E-state index in [2.05, 4.69) is 6.07 Å². The molecule has 0 spiro atoms. The fraction of sp³-hybridized carbons (Fsp3) is 0.933. The van der Waals surface area contributed by atoms with Crippen LogP contribution in [0.1, 0.15) is 64.2 Å². The second kappa shape index (κ2) is 5.59. The number of hydrogen-bond acceptors (Lipinski definition) is 3. The number of ether oxygens (including phenoxy) is 1. The Bertz CT molecular complexity index is 315. The molecule has 2 aliphatic rings. The molecule has 0 saturated heterocycles. The van der Waals surface area contributed by atoms with Crippen molar-refractivity contribution in [3.05, 3.63) is 0 Å². The summed E-state index contributed by atoms with van der Waals surface area (Å²) in [5.74, 6) is 0. The smallest absolute Gasteiger partial charge is 0.109 e. The van der Waals surface area contributed by atoms with Gasteiger partial charge in [0.15, 0.2) is 0 Å². The summed E-state index contributed by atoms with van der Waals surface area (Å²) in [6.07, 6.45) is 9.73. The number of nitriles is 1. The van der Waals surface area contributed by atoms with Gasteiger partial charge in [0.25, 0.3) is 0 Å². The van der Waals surface area contributed by atoms with E-state index in [1.165, 1.54) is 12.8 Å². The first-order chi connectivity index (χ1) is 8.68. The van der Waals surface area contributed by atoms with Crippen molar-refractivity contribution in [3.8, 4) is 6.07 Å². The highest BCUT2D eigenvalue weighted by Gasteiger charge is 2.55. The van der Waals surface area contributed by atoms with Gasteiger partial charge in [-0.1, -0.05) is 38.5 Å². The highest BCUT2D eigenvalue weighted by Crippen LogP contribution is 2.50. The van der Waals surface area contributed by atoms with Crippen LogP contribution in [0.2, 0.25) is 0 Å². The van der Waals surface area contributed by atoms with Gasteiger partial charge in [-0.2, -0.15) is 5.26 Å². The molecule has 102 valence electrons. The van der Waals surface area contributed by atoms with E-state index in [0.29, 0.717) is 0 Å². The number of methoxy groups -OCH3 is 1. The molecule has 2 unspecified atom stereocenters. The van der Waals surface area contributed by atoms with E-state index in [1.807, 2.05) is 0 Å². The van der Waals surface area contributed by atoms with Crippen molar-refractivity contribution in [2.75, 3.05) is 7.11 Å². The van der Waals surface area contributed by atoms with Crippen molar-refractivity contribution in [2.45, 2.75) is 75.9 Å². The van der Waals surface area contributed by atoms with E-state index in [0.717, 1.165) is 51.4 Å². The lowest BCUT2D eigenvalue weighted by molar-refractivity contribution is -0.174. The number of hydrogen-bond donors (Lipinski definition) is 1. The summed E-state index contributed by atoms with van der Waals surface area (Å²) in [5.41, 5.74) is -1.51. The van der Waals surface area contributed by atoms with Crippen molar-refractivity contribution < 1.29 is 9.84 Å². The Balaban J connectivity index is 2.30. The zero-order valence-corrected chi connectivity index (χ0v) is 11.5. The van der Waals surface area contributed by atoms with Gasteiger partial charge in [-0.3, -0.25) is 0 Å². The van der Waals surface area contributed by atoms with E-state index in [1.54, 1.807) is 7.11 Å². The van der Waals surface area contributed by atoms with Gasteiger partial charge in [0.1, 0.15) is 5.60 Å². The second-order valence-corrected chi connectivity index (χ2v) is 6.00. The molecular formula is C15H25NO2.